The van der Waals surface area contributed by atoms with Crippen LogP contribution in [0.25, 0.3) is 0 Å². The number of nitrogens with zero attached hydrogens (tertiary/aromatic N) is 2. The van der Waals surface area contributed by atoms with Gasteiger partial charge in [0.1, 0.15) is 0 Å². The van der Waals surface area contributed by atoms with Crippen LogP contribution in [-0.4, -0.2) is 35.9 Å². The number of aromatic nitrogens is 2. The minimum absolute atomic E-state index is 0.0758. The second-order valence-electron chi connectivity index (χ2n) is 5.91. The van der Waals surface area contributed by atoms with Crippen molar-refractivity contribution in [2.75, 3.05) is 19.8 Å². The maximum Gasteiger partial charge on any atom is 0.233 e. The number of ether oxygens (including phenoxy) is 1. The summed E-state index contributed by atoms with van der Waals surface area (Å²) in [6.07, 6.45) is 1.11. The van der Waals surface area contributed by atoms with E-state index in [1.165, 1.54) is 0 Å². The fraction of sp³-hybridized carbons (Fsp3) is 0.846. The van der Waals surface area contributed by atoms with E-state index in [-0.39, 0.29) is 11.3 Å². The first kappa shape index (κ1) is 13.5. The van der Waals surface area contributed by atoms with Crippen LogP contribution in [0.2, 0.25) is 0 Å². The van der Waals surface area contributed by atoms with Crippen LogP contribution in [0.15, 0.2) is 4.52 Å². The third-order valence-corrected chi connectivity index (χ3v) is 3.17. The van der Waals surface area contributed by atoms with Crippen molar-refractivity contribution in [3.05, 3.63) is 11.7 Å². The van der Waals surface area contributed by atoms with Crippen LogP contribution in [-0.2, 0) is 10.2 Å². The van der Waals surface area contributed by atoms with Gasteiger partial charge in [0, 0.05) is 11.5 Å². The quantitative estimate of drug-likeness (QED) is 0.887. The van der Waals surface area contributed by atoms with E-state index in [0.717, 1.165) is 25.4 Å². The molecular weight excluding hydrogens is 230 g/mol. The molecule has 1 fully saturated rings. The van der Waals surface area contributed by atoms with Gasteiger partial charge in [-0.15, -0.1) is 0 Å². The normalized spacial score (nSPS) is 24.7. The third-order valence-electron chi connectivity index (χ3n) is 3.17. The summed E-state index contributed by atoms with van der Waals surface area (Å²) in [6.45, 7) is 10.8. The standard InChI is InChI=1S/C13H23N3O2/c1-5-6-14-10-8-17-7-9(10)11-15-12(16-18-11)13(2,3)4/h9-10,14H,5-8H2,1-4H3. The summed E-state index contributed by atoms with van der Waals surface area (Å²) in [5.74, 6) is 1.64. The van der Waals surface area contributed by atoms with E-state index in [2.05, 4.69) is 43.2 Å². The van der Waals surface area contributed by atoms with Gasteiger partial charge in [0.2, 0.25) is 5.89 Å². The Labute approximate surface area is 108 Å². The second-order valence-corrected chi connectivity index (χ2v) is 5.91. The van der Waals surface area contributed by atoms with E-state index in [9.17, 15) is 0 Å². The van der Waals surface area contributed by atoms with E-state index in [1.807, 2.05) is 0 Å². The number of hydrogen-bond acceptors (Lipinski definition) is 5. The van der Waals surface area contributed by atoms with Crippen LogP contribution in [0.3, 0.4) is 0 Å². The van der Waals surface area contributed by atoms with Crippen molar-refractivity contribution in [2.24, 2.45) is 0 Å². The molecule has 1 aromatic heterocycles. The largest absolute Gasteiger partial charge is 0.379 e. The van der Waals surface area contributed by atoms with Crippen LogP contribution in [0.4, 0.5) is 0 Å². The molecule has 0 aromatic carbocycles. The summed E-state index contributed by atoms with van der Waals surface area (Å²) in [5.41, 5.74) is -0.0758. The molecule has 0 bridgehead atoms. The van der Waals surface area contributed by atoms with Crippen molar-refractivity contribution in [1.29, 1.82) is 0 Å². The molecule has 1 aliphatic heterocycles. The van der Waals surface area contributed by atoms with Gasteiger partial charge in [0.25, 0.3) is 0 Å². The van der Waals surface area contributed by atoms with Gasteiger partial charge in [0.15, 0.2) is 5.82 Å². The Hall–Kier alpha value is -0.940. The maximum absolute atomic E-state index is 5.53. The van der Waals surface area contributed by atoms with E-state index in [0.29, 0.717) is 18.5 Å². The fourth-order valence-corrected chi connectivity index (χ4v) is 2.02. The highest BCUT2D eigenvalue weighted by Gasteiger charge is 2.34. The monoisotopic (exact) mass is 253 g/mol. The highest BCUT2D eigenvalue weighted by molar-refractivity contribution is 5.06. The molecule has 0 spiro atoms. The number of rotatable bonds is 4. The Morgan fingerprint density at radius 1 is 1.33 bits per heavy atom. The Balaban J connectivity index is 2.08. The summed E-state index contributed by atoms with van der Waals surface area (Å²) in [5, 5.41) is 7.55. The Kier molecular flexibility index (Phi) is 4.02. The lowest BCUT2D eigenvalue weighted by Crippen LogP contribution is -2.35. The Bertz CT molecular complexity index is 384. The van der Waals surface area contributed by atoms with Crippen LogP contribution in [0, 0.1) is 0 Å². The summed E-state index contributed by atoms with van der Waals surface area (Å²) in [7, 11) is 0. The molecule has 0 amide bonds. The van der Waals surface area contributed by atoms with Crippen LogP contribution < -0.4 is 5.32 Å². The van der Waals surface area contributed by atoms with Crippen LogP contribution in [0.1, 0.15) is 51.7 Å². The van der Waals surface area contributed by atoms with E-state index >= 15 is 0 Å². The predicted molar refractivity (Wildman–Crippen MR) is 68.6 cm³/mol. The van der Waals surface area contributed by atoms with Crippen molar-refractivity contribution in [3.8, 4) is 0 Å². The molecule has 2 atom stereocenters. The van der Waals surface area contributed by atoms with Crippen LogP contribution >= 0.6 is 0 Å². The van der Waals surface area contributed by atoms with Gasteiger partial charge in [-0.2, -0.15) is 4.98 Å². The lowest BCUT2D eigenvalue weighted by atomic mass is 9.96. The number of hydrogen-bond donors (Lipinski definition) is 1. The highest BCUT2D eigenvalue weighted by atomic mass is 16.5. The van der Waals surface area contributed by atoms with Crippen molar-refractivity contribution in [2.45, 2.75) is 51.5 Å². The SMILES string of the molecule is CCCNC1COCC1c1nc(C(C)(C)C)no1. The summed E-state index contributed by atoms with van der Waals surface area (Å²) < 4.78 is 10.9. The average molecular weight is 253 g/mol. The first-order valence-corrected chi connectivity index (χ1v) is 6.67. The van der Waals surface area contributed by atoms with E-state index in [4.69, 9.17) is 9.26 Å². The molecule has 1 aromatic rings. The van der Waals surface area contributed by atoms with Crippen molar-refractivity contribution in [3.63, 3.8) is 0 Å². The van der Waals surface area contributed by atoms with Crippen molar-refractivity contribution >= 4 is 0 Å². The summed E-state index contributed by atoms with van der Waals surface area (Å²) >= 11 is 0. The van der Waals surface area contributed by atoms with E-state index < -0.39 is 0 Å². The summed E-state index contributed by atoms with van der Waals surface area (Å²) in [6, 6.07) is 0.290. The molecule has 102 valence electrons. The molecule has 1 N–H and O–H groups in total. The first-order chi connectivity index (χ1) is 8.52. The van der Waals surface area contributed by atoms with Crippen molar-refractivity contribution < 1.29 is 9.26 Å². The van der Waals surface area contributed by atoms with Gasteiger partial charge in [-0.05, 0) is 13.0 Å². The van der Waals surface area contributed by atoms with Gasteiger partial charge < -0.3 is 14.6 Å². The molecule has 0 saturated carbocycles. The van der Waals surface area contributed by atoms with Gasteiger partial charge in [-0.1, -0.05) is 32.9 Å². The minimum atomic E-state index is -0.0758. The van der Waals surface area contributed by atoms with Gasteiger partial charge in [-0.25, -0.2) is 0 Å². The smallest absolute Gasteiger partial charge is 0.233 e. The van der Waals surface area contributed by atoms with Gasteiger partial charge in [-0.3, -0.25) is 0 Å². The molecule has 1 saturated heterocycles. The zero-order chi connectivity index (χ0) is 13.2. The summed E-state index contributed by atoms with van der Waals surface area (Å²) in [4.78, 5) is 4.52. The number of nitrogens with one attached hydrogen (secondary N) is 1. The van der Waals surface area contributed by atoms with Gasteiger partial charge >= 0.3 is 0 Å². The lowest BCUT2D eigenvalue weighted by Gasteiger charge is -2.15. The Morgan fingerprint density at radius 2 is 2.11 bits per heavy atom. The molecule has 0 aliphatic carbocycles. The lowest BCUT2D eigenvalue weighted by molar-refractivity contribution is 0.184. The van der Waals surface area contributed by atoms with Crippen molar-refractivity contribution in [1.82, 2.24) is 15.5 Å². The predicted octanol–water partition coefficient (Wildman–Crippen LogP) is 1.85. The Morgan fingerprint density at radius 3 is 2.72 bits per heavy atom. The molecule has 2 rings (SSSR count). The maximum atomic E-state index is 5.53. The first-order valence-electron chi connectivity index (χ1n) is 6.67. The van der Waals surface area contributed by atoms with Crippen LogP contribution in [0.5, 0.6) is 0 Å². The molecule has 5 heteroatoms. The second kappa shape index (κ2) is 5.36. The molecule has 1 aliphatic rings. The minimum Gasteiger partial charge on any atom is -0.379 e. The topological polar surface area (TPSA) is 60.2 Å². The third kappa shape index (κ3) is 2.90. The highest BCUT2D eigenvalue weighted by Crippen LogP contribution is 2.27. The fourth-order valence-electron chi connectivity index (χ4n) is 2.02. The zero-order valence-electron chi connectivity index (χ0n) is 11.7. The molecule has 18 heavy (non-hydrogen) atoms. The zero-order valence-corrected chi connectivity index (χ0v) is 11.7. The molecule has 0 radical (unpaired) electrons. The average Bonchev–Trinajstić information content (AvgIpc) is 2.93. The van der Waals surface area contributed by atoms with E-state index in [1.54, 1.807) is 0 Å². The molecular formula is C13H23N3O2. The molecule has 5 nitrogen and oxygen atoms in total. The van der Waals surface area contributed by atoms with Gasteiger partial charge in [0.05, 0.1) is 19.1 Å². The molecule has 2 heterocycles. The molecule has 2 unspecified atom stereocenters.